The lowest BCUT2D eigenvalue weighted by Crippen LogP contribution is -2.51. The van der Waals surface area contributed by atoms with Crippen LogP contribution in [-0.2, 0) is 9.59 Å². The molecule has 0 unspecified atom stereocenters. The van der Waals surface area contributed by atoms with Crippen molar-refractivity contribution < 1.29 is 9.59 Å². The van der Waals surface area contributed by atoms with Gasteiger partial charge in [0.05, 0.1) is 13.1 Å². The Balaban J connectivity index is 2.35. The monoisotopic (exact) mass is 264 g/mol. The van der Waals surface area contributed by atoms with Gasteiger partial charge in [0.1, 0.15) is 17.5 Å². The molecule has 0 radical (unpaired) electrons. The Labute approximate surface area is 110 Å². The Hall–Kier alpha value is -2.22. The van der Waals surface area contributed by atoms with E-state index in [-0.39, 0.29) is 30.8 Å². The first-order chi connectivity index (χ1) is 8.99. The Kier molecular flexibility index (Phi) is 3.61. The molecule has 19 heavy (non-hydrogen) atoms. The second-order valence-corrected chi connectivity index (χ2v) is 4.60. The van der Waals surface area contributed by atoms with Crippen LogP contribution < -0.4 is 21.5 Å². The number of amides is 2. The average molecular weight is 264 g/mol. The van der Waals surface area contributed by atoms with Crippen LogP contribution in [0.25, 0.3) is 0 Å². The van der Waals surface area contributed by atoms with E-state index in [0.29, 0.717) is 17.5 Å². The number of hydrazine groups is 1. The van der Waals surface area contributed by atoms with Crippen LogP contribution >= 0.6 is 0 Å². The maximum absolute atomic E-state index is 11.4. The number of nitrogen functional groups attached to an aromatic ring is 1. The Morgan fingerprint density at radius 3 is 2.47 bits per heavy atom. The topological polar surface area (TPSA) is 113 Å². The number of hydrogen-bond acceptors (Lipinski definition) is 7. The normalized spacial score (nSPS) is 15.7. The maximum atomic E-state index is 11.4. The lowest BCUT2D eigenvalue weighted by atomic mass is 10.2. The highest BCUT2D eigenvalue weighted by Gasteiger charge is 2.24. The second-order valence-electron chi connectivity index (χ2n) is 4.60. The number of rotatable bonds is 3. The van der Waals surface area contributed by atoms with Crippen LogP contribution in [0.1, 0.15) is 25.6 Å². The smallest absolute Gasteiger partial charge is 0.246 e. The summed E-state index contributed by atoms with van der Waals surface area (Å²) in [7, 11) is 0. The van der Waals surface area contributed by atoms with Gasteiger partial charge >= 0.3 is 0 Å². The molecule has 8 nitrogen and oxygen atoms in total. The lowest BCUT2D eigenvalue weighted by molar-refractivity contribution is -0.130. The van der Waals surface area contributed by atoms with Gasteiger partial charge in [0.25, 0.3) is 0 Å². The summed E-state index contributed by atoms with van der Waals surface area (Å²) in [6, 6.07) is 1.61. The van der Waals surface area contributed by atoms with Crippen molar-refractivity contribution >= 4 is 23.5 Å². The van der Waals surface area contributed by atoms with Crippen molar-refractivity contribution in [1.29, 1.82) is 0 Å². The second kappa shape index (κ2) is 5.19. The minimum absolute atomic E-state index is 0.0876. The van der Waals surface area contributed by atoms with Gasteiger partial charge < -0.3 is 10.3 Å². The van der Waals surface area contributed by atoms with Gasteiger partial charge in [0.2, 0.25) is 11.8 Å². The summed E-state index contributed by atoms with van der Waals surface area (Å²) in [5, 5.41) is 2.24. The van der Waals surface area contributed by atoms with Gasteiger partial charge in [-0.2, -0.15) is 0 Å². The van der Waals surface area contributed by atoms with Gasteiger partial charge in [0.15, 0.2) is 0 Å². The third-order valence-electron chi connectivity index (χ3n) is 2.67. The number of piperazine rings is 1. The van der Waals surface area contributed by atoms with Crippen LogP contribution in [0.15, 0.2) is 6.07 Å². The maximum Gasteiger partial charge on any atom is 0.246 e. The van der Waals surface area contributed by atoms with Gasteiger partial charge in [-0.05, 0) is 0 Å². The van der Waals surface area contributed by atoms with Crippen LogP contribution in [0.5, 0.6) is 0 Å². The predicted octanol–water partition coefficient (Wildman–Crippen LogP) is -0.652. The number of nitrogens with one attached hydrogen (secondary N) is 2. The SMILES string of the molecule is CC(C)c1nc(NN)cc(N2CC(=O)NC(=O)C2)n1. The average Bonchev–Trinajstić information content (AvgIpc) is 2.37. The van der Waals surface area contributed by atoms with Crippen LogP contribution in [0.2, 0.25) is 0 Å². The minimum Gasteiger partial charge on any atom is -0.338 e. The fourth-order valence-electron chi connectivity index (χ4n) is 1.75. The predicted molar refractivity (Wildman–Crippen MR) is 69.3 cm³/mol. The number of carbonyl (C=O) groups excluding carboxylic acids is 2. The molecule has 1 aromatic heterocycles. The van der Waals surface area contributed by atoms with E-state index in [1.54, 1.807) is 11.0 Å². The van der Waals surface area contributed by atoms with Crippen LogP contribution in [-0.4, -0.2) is 34.9 Å². The molecular weight excluding hydrogens is 248 g/mol. The summed E-state index contributed by atoms with van der Waals surface area (Å²) in [5.41, 5.74) is 2.46. The summed E-state index contributed by atoms with van der Waals surface area (Å²) in [4.78, 5) is 32.9. The van der Waals surface area contributed by atoms with E-state index >= 15 is 0 Å². The van der Waals surface area contributed by atoms with Crippen molar-refractivity contribution in [2.75, 3.05) is 23.4 Å². The van der Waals surface area contributed by atoms with Crippen molar-refractivity contribution in [2.24, 2.45) is 5.84 Å². The molecule has 0 aromatic carbocycles. The highest BCUT2D eigenvalue weighted by Crippen LogP contribution is 2.20. The Morgan fingerprint density at radius 2 is 1.95 bits per heavy atom. The molecule has 0 aliphatic carbocycles. The molecule has 2 amide bonds. The van der Waals surface area contributed by atoms with Crippen molar-refractivity contribution in [3.8, 4) is 0 Å². The molecule has 1 saturated heterocycles. The quantitative estimate of drug-likeness (QED) is 0.377. The summed E-state index contributed by atoms with van der Waals surface area (Å²) < 4.78 is 0. The molecule has 1 aliphatic rings. The molecule has 0 spiro atoms. The highest BCUT2D eigenvalue weighted by atomic mass is 16.2. The number of hydrogen-bond donors (Lipinski definition) is 3. The molecule has 1 fully saturated rings. The first-order valence-electron chi connectivity index (χ1n) is 5.93. The number of nitrogens with zero attached hydrogens (tertiary/aromatic N) is 3. The van der Waals surface area contributed by atoms with Crippen molar-refractivity contribution in [1.82, 2.24) is 15.3 Å². The largest absolute Gasteiger partial charge is 0.338 e. The molecular formula is C11H16N6O2. The molecule has 0 saturated carbocycles. The number of nitrogens with two attached hydrogens (primary N) is 1. The zero-order valence-electron chi connectivity index (χ0n) is 10.8. The van der Waals surface area contributed by atoms with E-state index in [2.05, 4.69) is 20.7 Å². The summed E-state index contributed by atoms with van der Waals surface area (Å²) >= 11 is 0. The third-order valence-corrected chi connectivity index (χ3v) is 2.67. The summed E-state index contributed by atoms with van der Waals surface area (Å²) in [6.45, 7) is 4.08. The minimum atomic E-state index is -0.344. The molecule has 4 N–H and O–H groups in total. The zero-order chi connectivity index (χ0) is 14.0. The van der Waals surface area contributed by atoms with Crippen molar-refractivity contribution in [3.63, 3.8) is 0 Å². The number of anilines is 2. The molecule has 1 aliphatic heterocycles. The van der Waals surface area contributed by atoms with Gasteiger partial charge in [-0.3, -0.25) is 14.9 Å². The number of aromatic nitrogens is 2. The van der Waals surface area contributed by atoms with E-state index in [4.69, 9.17) is 5.84 Å². The van der Waals surface area contributed by atoms with Crippen LogP contribution in [0, 0.1) is 0 Å². The van der Waals surface area contributed by atoms with Crippen molar-refractivity contribution in [2.45, 2.75) is 19.8 Å². The molecule has 0 atom stereocenters. The van der Waals surface area contributed by atoms with E-state index in [1.165, 1.54) is 0 Å². The third kappa shape index (κ3) is 2.97. The van der Waals surface area contributed by atoms with E-state index in [9.17, 15) is 9.59 Å². The van der Waals surface area contributed by atoms with Gasteiger partial charge in [-0.25, -0.2) is 15.8 Å². The molecule has 102 valence electrons. The van der Waals surface area contributed by atoms with E-state index < -0.39 is 0 Å². The standard InChI is InChI=1S/C11H16N6O2/c1-6(2)11-13-7(16-12)3-8(14-11)17-4-9(18)15-10(19)5-17/h3,6H,4-5,12H2,1-2H3,(H,13,14,16)(H,15,18,19). The zero-order valence-corrected chi connectivity index (χ0v) is 10.8. The molecule has 2 heterocycles. The Bertz CT molecular complexity index is 500. The van der Waals surface area contributed by atoms with Crippen LogP contribution in [0.3, 0.4) is 0 Å². The fraction of sp³-hybridized carbons (Fsp3) is 0.455. The summed E-state index contributed by atoms with van der Waals surface area (Å²) in [6.07, 6.45) is 0. The molecule has 1 aromatic rings. The van der Waals surface area contributed by atoms with Crippen molar-refractivity contribution in [3.05, 3.63) is 11.9 Å². The lowest BCUT2D eigenvalue weighted by Gasteiger charge is -2.27. The first kappa shape index (κ1) is 13.2. The number of imide groups is 1. The van der Waals surface area contributed by atoms with Gasteiger partial charge in [-0.1, -0.05) is 13.8 Å². The van der Waals surface area contributed by atoms with Gasteiger partial charge in [-0.15, -0.1) is 0 Å². The highest BCUT2D eigenvalue weighted by molar-refractivity contribution is 6.02. The molecule has 0 bridgehead atoms. The fourth-order valence-corrected chi connectivity index (χ4v) is 1.75. The van der Waals surface area contributed by atoms with Crippen LogP contribution in [0.4, 0.5) is 11.6 Å². The molecule has 2 rings (SSSR count). The first-order valence-corrected chi connectivity index (χ1v) is 5.93. The Morgan fingerprint density at radius 1 is 1.32 bits per heavy atom. The number of carbonyl (C=O) groups is 2. The summed E-state index contributed by atoms with van der Waals surface area (Å²) in [5.74, 6) is 6.35. The van der Waals surface area contributed by atoms with Gasteiger partial charge in [0, 0.05) is 12.0 Å². The van der Waals surface area contributed by atoms with E-state index in [1.807, 2.05) is 13.8 Å². The molecule has 8 heteroatoms. The van der Waals surface area contributed by atoms with E-state index in [0.717, 1.165) is 0 Å².